The Labute approximate surface area is 120 Å². The molecule has 1 N–H and O–H groups in total. The first-order chi connectivity index (χ1) is 9.17. The Morgan fingerprint density at radius 1 is 1.53 bits per heavy atom. The maximum absolute atomic E-state index is 11.1. The Balaban J connectivity index is 1.91. The van der Waals surface area contributed by atoms with Crippen LogP contribution in [0.5, 0.6) is 0 Å². The van der Waals surface area contributed by atoms with E-state index >= 15 is 0 Å². The molecule has 0 amide bonds. The van der Waals surface area contributed by atoms with Gasteiger partial charge in [-0.3, -0.25) is 4.79 Å². The van der Waals surface area contributed by atoms with Gasteiger partial charge in [-0.15, -0.1) is 11.3 Å². The number of carbonyl (C=O) groups is 1. The highest BCUT2D eigenvalue weighted by atomic mass is 35.5. The minimum Gasteiger partial charge on any atom is -0.469 e. The minimum absolute atomic E-state index is 0.200. The summed E-state index contributed by atoms with van der Waals surface area (Å²) in [5.41, 5.74) is 1.79. The third-order valence-corrected chi connectivity index (χ3v) is 3.52. The van der Waals surface area contributed by atoms with Crippen molar-refractivity contribution < 1.29 is 9.53 Å². The molecule has 2 aromatic rings. The lowest BCUT2D eigenvalue weighted by molar-refractivity contribution is -0.139. The van der Waals surface area contributed by atoms with Gasteiger partial charge in [-0.1, -0.05) is 23.7 Å². The van der Waals surface area contributed by atoms with Crippen molar-refractivity contribution >= 4 is 34.0 Å². The molecule has 1 heterocycles. The van der Waals surface area contributed by atoms with Crippen molar-refractivity contribution in [1.29, 1.82) is 0 Å². The van der Waals surface area contributed by atoms with Crippen molar-refractivity contribution in [3.05, 3.63) is 45.9 Å². The summed E-state index contributed by atoms with van der Waals surface area (Å²) in [6.07, 6.45) is 0.200. The van der Waals surface area contributed by atoms with Crippen LogP contribution in [0.25, 0.3) is 0 Å². The smallest absolute Gasteiger partial charge is 0.311 e. The molecule has 0 saturated carbocycles. The molecule has 0 atom stereocenters. The van der Waals surface area contributed by atoms with Crippen LogP contribution in [0.4, 0.5) is 5.13 Å². The highest BCUT2D eigenvalue weighted by molar-refractivity contribution is 7.13. The summed E-state index contributed by atoms with van der Waals surface area (Å²) in [6.45, 7) is 0.645. The summed E-state index contributed by atoms with van der Waals surface area (Å²) < 4.78 is 4.60. The molecule has 6 heteroatoms. The predicted molar refractivity (Wildman–Crippen MR) is 76.6 cm³/mol. The van der Waals surface area contributed by atoms with Crippen LogP contribution in [0.1, 0.15) is 11.3 Å². The molecule has 19 heavy (non-hydrogen) atoms. The molecule has 100 valence electrons. The zero-order valence-corrected chi connectivity index (χ0v) is 11.9. The SMILES string of the molecule is COC(=O)Cc1csc(NCc2cccc(Cl)c2)n1. The van der Waals surface area contributed by atoms with Crippen LogP contribution < -0.4 is 5.32 Å². The number of methoxy groups -OCH3 is 1. The van der Waals surface area contributed by atoms with Gasteiger partial charge in [-0.05, 0) is 17.7 Å². The molecule has 0 bridgehead atoms. The van der Waals surface area contributed by atoms with Crippen LogP contribution in [-0.4, -0.2) is 18.1 Å². The normalized spacial score (nSPS) is 10.2. The summed E-state index contributed by atoms with van der Waals surface area (Å²) in [6, 6.07) is 7.63. The van der Waals surface area contributed by atoms with E-state index in [0.717, 1.165) is 10.7 Å². The zero-order valence-electron chi connectivity index (χ0n) is 10.4. The third kappa shape index (κ3) is 4.22. The Kier molecular flexibility index (Phi) is 4.76. The van der Waals surface area contributed by atoms with E-state index in [-0.39, 0.29) is 12.4 Å². The molecule has 0 unspecified atom stereocenters. The van der Waals surface area contributed by atoms with Gasteiger partial charge in [0.1, 0.15) is 0 Å². The molecule has 1 aromatic carbocycles. The highest BCUT2D eigenvalue weighted by Gasteiger charge is 2.07. The number of benzene rings is 1. The fourth-order valence-electron chi connectivity index (χ4n) is 1.51. The number of hydrogen-bond acceptors (Lipinski definition) is 5. The fraction of sp³-hybridized carbons (Fsp3) is 0.231. The lowest BCUT2D eigenvalue weighted by Gasteiger charge is -2.03. The Hall–Kier alpha value is -1.59. The van der Waals surface area contributed by atoms with Gasteiger partial charge in [0.05, 0.1) is 19.2 Å². The predicted octanol–water partition coefficient (Wildman–Crippen LogP) is 3.12. The number of hydrogen-bond donors (Lipinski definition) is 1. The van der Waals surface area contributed by atoms with Gasteiger partial charge >= 0.3 is 5.97 Å². The fourth-order valence-corrected chi connectivity index (χ4v) is 2.44. The van der Waals surface area contributed by atoms with Crippen molar-refractivity contribution in [1.82, 2.24) is 4.98 Å². The third-order valence-electron chi connectivity index (χ3n) is 2.44. The number of aromatic nitrogens is 1. The van der Waals surface area contributed by atoms with Crippen molar-refractivity contribution in [2.75, 3.05) is 12.4 Å². The summed E-state index contributed by atoms with van der Waals surface area (Å²) >= 11 is 7.37. The molecule has 0 spiro atoms. The molecule has 0 aliphatic heterocycles. The zero-order chi connectivity index (χ0) is 13.7. The van der Waals surface area contributed by atoms with Crippen molar-refractivity contribution in [3.8, 4) is 0 Å². The van der Waals surface area contributed by atoms with Crippen LogP contribution in [0.2, 0.25) is 5.02 Å². The average Bonchev–Trinajstić information content (AvgIpc) is 2.84. The standard InChI is InChI=1S/C13H13ClN2O2S/c1-18-12(17)6-11-8-19-13(16-11)15-7-9-3-2-4-10(14)5-9/h2-5,8H,6-7H2,1H3,(H,15,16). The summed E-state index contributed by atoms with van der Waals surface area (Å²) in [5.74, 6) is -0.285. The molecule has 1 aromatic heterocycles. The Bertz CT molecular complexity index is 571. The van der Waals surface area contributed by atoms with Gasteiger partial charge in [0, 0.05) is 16.9 Å². The lowest BCUT2D eigenvalue weighted by Crippen LogP contribution is -2.05. The van der Waals surface area contributed by atoms with Crippen LogP contribution in [0.15, 0.2) is 29.6 Å². The molecular weight excluding hydrogens is 284 g/mol. The minimum atomic E-state index is -0.285. The van der Waals surface area contributed by atoms with Gasteiger partial charge in [0.15, 0.2) is 5.13 Å². The number of thiazole rings is 1. The average molecular weight is 297 g/mol. The lowest BCUT2D eigenvalue weighted by atomic mass is 10.2. The number of rotatable bonds is 5. The molecule has 0 aliphatic rings. The number of carbonyl (C=O) groups excluding carboxylic acids is 1. The first-order valence-electron chi connectivity index (χ1n) is 5.67. The van der Waals surface area contributed by atoms with Gasteiger partial charge in [0.2, 0.25) is 0 Å². The summed E-state index contributed by atoms with van der Waals surface area (Å²) in [5, 5.41) is 6.53. The summed E-state index contributed by atoms with van der Waals surface area (Å²) in [7, 11) is 1.37. The second-order valence-corrected chi connectivity index (χ2v) is 5.17. The van der Waals surface area contributed by atoms with Crippen LogP contribution >= 0.6 is 22.9 Å². The van der Waals surface area contributed by atoms with Crippen LogP contribution in [-0.2, 0) is 22.5 Å². The molecule has 2 rings (SSSR count). The number of anilines is 1. The molecular formula is C13H13ClN2O2S. The number of nitrogens with zero attached hydrogens (tertiary/aromatic N) is 1. The first kappa shape index (κ1) is 13.8. The second kappa shape index (κ2) is 6.54. The number of esters is 1. The largest absolute Gasteiger partial charge is 0.469 e. The van der Waals surface area contributed by atoms with E-state index in [1.807, 2.05) is 29.6 Å². The van der Waals surface area contributed by atoms with Gasteiger partial charge < -0.3 is 10.1 Å². The highest BCUT2D eigenvalue weighted by Crippen LogP contribution is 2.18. The topological polar surface area (TPSA) is 51.2 Å². The first-order valence-corrected chi connectivity index (χ1v) is 6.92. The Morgan fingerprint density at radius 2 is 2.37 bits per heavy atom. The van der Waals surface area contributed by atoms with E-state index in [1.165, 1.54) is 18.4 Å². The number of nitrogens with one attached hydrogen (secondary N) is 1. The molecule has 0 aliphatic carbocycles. The van der Waals surface area contributed by atoms with E-state index in [1.54, 1.807) is 0 Å². The van der Waals surface area contributed by atoms with Crippen molar-refractivity contribution in [2.24, 2.45) is 0 Å². The quantitative estimate of drug-likeness (QED) is 0.861. The van der Waals surface area contributed by atoms with Gasteiger partial charge in [-0.2, -0.15) is 0 Å². The van der Waals surface area contributed by atoms with E-state index in [9.17, 15) is 4.79 Å². The summed E-state index contributed by atoms with van der Waals surface area (Å²) in [4.78, 5) is 15.4. The van der Waals surface area contributed by atoms with E-state index < -0.39 is 0 Å². The molecule has 0 saturated heterocycles. The number of halogens is 1. The monoisotopic (exact) mass is 296 g/mol. The van der Waals surface area contributed by atoms with E-state index in [0.29, 0.717) is 17.3 Å². The van der Waals surface area contributed by atoms with Crippen molar-refractivity contribution in [2.45, 2.75) is 13.0 Å². The van der Waals surface area contributed by atoms with Crippen molar-refractivity contribution in [3.63, 3.8) is 0 Å². The maximum atomic E-state index is 11.1. The van der Waals surface area contributed by atoms with Gasteiger partial charge in [-0.25, -0.2) is 4.98 Å². The molecule has 4 nitrogen and oxygen atoms in total. The van der Waals surface area contributed by atoms with Crippen LogP contribution in [0.3, 0.4) is 0 Å². The molecule has 0 fully saturated rings. The van der Waals surface area contributed by atoms with E-state index in [2.05, 4.69) is 15.0 Å². The number of ether oxygens (including phenoxy) is 1. The maximum Gasteiger partial charge on any atom is 0.311 e. The second-order valence-electron chi connectivity index (χ2n) is 3.88. The molecule has 0 radical (unpaired) electrons. The van der Waals surface area contributed by atoms with Gasteiger partial charge in [0.25, 0.3) is 0 Å². The Morgan fingerprint density at radius 3 is 3.11 bits per heavy atom. The van der Waals surface area contributed by atoms with Crippen LogP contribution in [0, 0.1) is 0 Å². The van der Waals surface area contributed by atoms with E-state index in [4.69, 9.17) is 11.6 Å².